The third kappa shape index (κ3) is 4.86. The molecule has 0 radical (unpaired) electrons. The SMILES string of the molecule is COc1ccc(C(=O)CCC(=O)N2CCCC(N3CCNCC3=O)C2)cc1. The van der Waals surface area contributed by atoms with Gasteiger partial charge >= 0.3 is 0 Å². The first-order valence-corrected chi connectivity index (χ1v) is 9.53. The fraction of sp³-hybridized carbons (Fsp3) is 0.550. The van der Waals surface area contributed by atoms with Crippen LogP contribution in [0.25, 0.3) is 0 Å². The van der Waals surface area contributed by atoms with E-state index in [1.165, 1.54) is 0 Å². The second-order valence-electron chi connectivity index (χ2n) is 7.05. The van der Waals surface area contributed by atoms with Crippen LogP contribution in [-0.2, 0) is 9.59 Å². The fourth-order valence-electron chi connectivity index (χ4n) is 3.74. The van der Waals surface area contributed by atoms with Crippen molar-refractivity contribution in [3.8, 4) is 5.75 Å². The Morgan fingerprint density at radius 2 is 1.96 bits per heavy atom. The highest BCUT2D eigenvalue weighted by Crippen LogP contribution is 2.19. The summed E-state index contributed by atoms with van der Waals surface area (Å²) in [7, 11) is 1.58. The summed E-state index contributed by atoms with van der Waals surface area (Å²) in [6, 6.07) is 7.02. The molecule has 2 saturated heterocycles. The van der Waals surface area contributed by atoms with Crippen molar-refractivity contribution in [2.75, 3.05) is 39.8 Å². The number of piperidine rings is 1. The van der Waals surface area contributed by atoms with E-state index in [1.54, 1.807) is 31.4 Å². The number of benzene rings is 1. The van der Waals surface area contributed by atoms with Gasteiger partial charge in [0.2, 0.25) is 11.8 Å². The maximum atomic E-state index is 12.6. The van der Waals surface area contributed by atoms with Gasteiger partial charge in [0.05, 0.1) is 13.7 Å². The molecule has 1 unspecified atom stereocenters. The number of likely N-dealkylation sites (tertiary alicyclic amines) is 1. The first-order chi connectivity index (χ1) is 13.1. The highest BCUT2D eigenvalue weighted by atomic mass is 16.5. The average molecular weight is 373 g/mol. The standard InChI is InChI=1S/C20H27N3O4/c1-27-17-6-4-15(5-7-17)18(24)8-9-19(25)22-11-2-3-16(14-22)23-12-10-21-13-20(23)26/h4-7,16,21H,2-3,8-14H2,1H3. The predicted molar refractivity (Wildman–Crippen MR) is 101 cm³/mol. The van der Waals surface area contributed by atoms with Gasteiger partial charge in [0.1, 0.15) is 5.75 Å². The number of nitrogens with one attached hydrogen (secondary N) is 1. The number of ether oxygens (including phenoxy) is 1. The second-order valence-corrected chi connectivity index (χ2v) is 7.05. The lowest BCUT2D eigenvalue weighted by Gasteiger charge is -2.41. The summed E-state index contributed by atoms with van der Waals surface area (Å²) in [5, 5.41) is 3.08. The third-order valence-corrected chi connectivity index (χ3v) is 5.29. The van der Waals surface area contributed by atoms with Crippen molar-refractivity contribution in [2.24, 2.45) is 0 Å². The molecule has 0 aromatic heterocycles. The number of carbonyl (C=O) groups is 3. The van der Waals surface area contributed by atoms with Gasteiger partial charge in [-0.05, 0) is 37.1 Å². The van der Waals surface area contributed by atoms with E-state index in [9.17, 15) is 14.4 Å². The molecule has 2 amide bonds. The molecule has 1 N–H and O–H groups in total. The van der Waals surface area contributed by atoms with E-state index in [0.717, 1.165) is 19.4 Å². The average Bonchev–Trinajstić information content (AvgIpc) is 2.72. The molecule has 1 aromatic rings. The van der Waals surface area contributed by atoms with Crippen LogP contribution in [-0.4, -0.2) is 73.3 Å². The highest BCUT2D eigenvalue weighted by Gasteiger charge is 2.31. The van der Waals surface area contributed by atoms with Crippen molar-refractivity contribution in [1.29, 1.82) is 0 Å². The molecule has 0 bridgehead atoms. The number of carbonyl (C=O) groups excluding carboxylic acids is 3. The number of ketones is 1. The summed E-state index contributed by atoms with van der Waals surface area (Å²) in [5.41, 5.74) is 0.589. The normalized spacial score (nSPS) is 20.5. The van der Waals surface area contributed by atoms with Gasteiger partial charge in [-0.1, -0.05) is 0 Å². The molecule has 1 atom stereocenters. The number of piperazine rings is 1. The Labute approximate surface area is 159 Å². The molecule has 146 valence electrons. The molecular weight excluding hydrogens is 346 g/mol. The van der Waals surface area contributed by atoms with Crippen LogP contribution in [0.15, 0.2) is 24.3 Å². The summed E-state index contributed by atoms with van der Waals surface area (Å²) in [6.07, 6.45) is 2.21. The van der Waals surface area contributed by atoms with Crippen molar-refractivity contribution in [3.05, 3.63) is 29.8 Å². The quantitative estimate of drug-likeness (QED) is 0.755. The molecule has 0 saturated carbocycles. The molecule has 2 heterocycles. The van der Waals surface area contributed by atoms with Gasteiger partial charge in [-0.15, -0.1) is 0 Å². The van der Waals surface area contributed by atoms with E-state index in [4.69, 9.17) is 4.74 Å². The lowest BCUT2D eigenvalue weighted by molar-refractivity contribution is -0.140. The number of amides is 2. The molecule has 2 aliphatic rings. The summed E-state index contributed by atoms with van der Waals surface area (Å²) in [6.45, 7) is 3.14. The number of Topliss-reactive ketones (excluding diaryl/α,β-unsaturated/α-hetero) is 1. The highest BCUT2D eigenvalue weighted by molar-refractivity contribution is 5.98. The minimum absolute atomic E-state index is 0.0101. The molecule has 2 aliphatic heterocycles. The van der Waals surface area contributed by atoms with Crippen molar-refractivity contribution < 1.29 is 19.1 Å². The molecule has 1 aromatic carbocycles. The first-order valence-electron chi connectivity index (χ1n) is 9.53. The van der Waals surface area contributed by atoms with Crippen LogP contribution in [0.3, 0.4) is 0 Å². The van der Waals surface area contributed by atoms with Crippen LogP contribution in [0.5, 0.6) is 5.75 Å². The fourth-order valence-corrected chi connectivity index (χ4v) is 3.74. The van der Waals surface area contributed by atoms with E-state index in [1.807, 2.05) is 9.80 Å². The third-order valence-electron chi connectivity index (χ3n) is 5.29. The Morgan fingerprint density at radius 1 is 1.19 bits per heavy atom. The monoisotopic (exact) mass is 373 g/mol. The van der Waals surface area contributed by atoms with Crippen molar-refractivity contribution in [2.45, 2.75) is 31.7 Å². The molecule has 7 nitrogen and oxygen atoms in total. The Morgan fingerprint density at radius 3 is 2.67 bits per heavy atom. The van der Waals surface area contributed by atoms with Crippen LogP contribution in [0, 0.1) is 0 Å². The summed E-state index contributed by atoms with van der Waals surface area (Å²) in [4.78, 5) is 40.7. The minimum Gasteiger partial charge on any atom is -0.497 e. The zero-order valence-corrected chi connectivity index (χ0v) is 15.8. The first kappa shape index (κ1) is 19.4. The minimum atomic E-state index is -0.0446. The molecular formula is C20H27N3O4. The van der Waals surface area contributed by atoms with E-state index in [2.05, 4.69) is 5.32 Å². The van der Waals surface area contributed by atoms with Gasteiger partial charge in [0, 0.05) is 50.6 Å². The topological polar surface area (TPSA) is 79.0 Å². The zero-order valence-electron chi connectivity index (χ0n) is 15.8. The Bertz CT molecular complexity index is 689. The van der Waals surface area contributed by atoms with Gasteiger partial charge in [0.15, 0.2) is 5.78 Å². The van der Waals surface area contributed by atoms with Crippen molar-refractivity contribution in [1.82, 2.24) is 15.1 Å². The van der Waals surface area contributed by atoms with Crippen LogP contribution < -0.4 is 10.1 Å². The Kier molecular flexibility index (Phi) is 6.45. The molecule has 0 spiro atoms. The molecule has 7 heteroatoms. The Balaban J connectivity index is 1.51. The molecule has 0 aliphatic carbocycles. The van der Waals surface area contributed by atoms with Gasteiger partial charge in [-0.3, -0.25) is 14.4 Å². The van der Waals surface area contributed by atoms with E-state index < -0.39 is 0 Å². The maximum absolute atomic E-state index is 12.6. The van der Waals surface area contributed by atoms with Gasteiger partial charge in [0.25, 0.3) is 0 Å². The summed E-state index contributed by atoms with van der Waals surface area (Å²) >= 11 is 0. The number of hydrogen-bond acceptors (Lipinski definition) is 5. The lowest BCUT2D eigenvalue weighted by Crippen LogP contribution is -2.57. The number of rotatable bonds is 6. The van der Waals surface area contributed by atoms with Gasteiger partial charge in [-0.2, -0.15) is 0 Å². The predicted octanol–water partition coefficient (Wildman–Crippen LogP) is 1.08. The Hall–Kier alpha value is -2.41. The van der Waals surface area contributed by atoms with Gasteiger partial charge < -0.3 is 19.9 Å². The number of methoxy groups -OCH3 is 1. The molecule has 3 rings (SSSR count). The number of hydrogen-bond donors (Lipinski definition) is 1. The van der Waals surface area contributed by atoms with E-state index in [0.29, 0.717) is 37.5 Å². The van der Waals surface area contributed by atoms with E-state index >= 15 is 0 Å². The van der Waals surface area contributed by atoms with Crippen LogP contribution in [0.2, 0.25) is 0 Å². The smallest absolute Gasteiger partial charge is 0.236 e. The summed E-state index contributed by atoms with van der Waals surface area (Å²) < 4.78 is 5.09. The van der Waals surface area contributed by atoms with Gasteiger partial charge in [-0.25, -0.2) is 0 Å². The zero-order chi connectivity index (χ0) is 19.2. The molecule has 2 fully saturated rings. The maximum Gasteiger partial charge on any atom is 0.236 e. The van der Waals surface area contributed by atoms with Crippen molar-refractivity contribution >= 4 is 17.6 Å². The van der Waals surface area contributed by atoms with E-state index in [-0.39, 0.29) is 36.5 Å². The number of nitrogens with zero attached hydrogens (tertiary/aromatic N) is 2. The molecule has 27 heavy (non-hydrogen) atoms. The van der Waals surface area contributed by atoms with Crippen LogP contribution in [0.4, 0.5) is 0 Å². The van der Waals surface area contributed by atoms with Crippen molar-refractivity contribution in [3.63, 3.8) is 0 Å². The summed E-state index contributed by atoms with van der Waals surface area (Å²) in [5.74, 6) is 0.751. The lowest BCUT2D eigenvalue weighted by atomic mass is 10.0. The largest absolute Gasteiger partial charge is 0.497 e. The van der Waals surface area contributed by atoms with Crippen LogP contribution in [0.1, 0.15) is 36.0 Å². The van der Waals surface area contributed by atoms with Crippen LogP contribution >= 0.6 is 0 Å². The second kappa shape index (κ2) is 8.99.